The van der Waals surface area contributed by atoms with E-state index in [9.17, 15) is 9.59 Å². The van der Waals surface area contributed by atoms with Crippen molar-refractivity contribution in [3.05, 3.63) is 29.8 Å². The normalized spacial score (nSPS) is 9.74. The van der Waals surface area contributed by atoms with Crippen molar-refractivity contribution in [1.29, 1.82) is 0 Å². The second kappa shape index (κ2) is 5.58. The molecule has 0 bridgehead atoms. The van der Waals surface area contributed by atoms with E-state index in [0.29, 0.717) is 5.69 Å². The Morgan fingerprint density at radius 2 is 2.05 bits per heavy atom. The number of nitrogens with one attached hydrogen (secondary N) is 3. The summed E-state index contributed by atoms with van der Waals surface area (Å²) in [6.45, 7) is 0. The summed E-state index contributed by atoms with van der Waals surface area (Å²) in [6, 6.07) is 6.45. The molecule has 0 unspecified atom stereocenters. The van der Waals surface area contributed by atoms with Crippen molar-refractivity contribution in [3.8, 4) is 0 Å². The maximum atomic E-state index is 12.0. The molecule has 0 aliphatic rings. The second-order valence-electron chi connectivity index (χ2n) is 3.35. The quantitative estimate of drug-likeness (QED) is 0.745. The van der Waals surface area contributed by atoms with Gasteiger partial charge in [-0.05, 0) is 17.3 Å². The lowest BCUT2D eigenvalue weighted by Crippen LogP contribution is -2.18. The Labute approximate surface area is 107 Å². The predicted molar refractivity (Wildman–Crippen MR) is 64.6 cm³/mol. The fourth-order valence-electron chi connectivity index (χ4n) is 1.33. The largest absolute Gasteiger partial charge is 0.453 e. The van der Waals surface area contributed by atoms with Gasteiger partial charge >= 0.3 is 6.09 Å². The van der Waals surface area contributed by atoms with Crippen LogP contribution in [0.15, 0.2) is 24.3 Å². The highest BCUT2D eigenvalue weighted by atomic mass is 16.5. The molecule has 0 atom stereocenters. The number of hydrogen-bond donors (Lipinski definition) is 3. The average Bonchev–Trinajstić information content (AvgIpc) is 2.92. The van der Waals surface area contributed by atoms with E-state index in [-0.39, 0.29) is 11.5 Å². The molecule has 0 saturated carbocycles. The summed E-state index contributed by atoms with van der Waals surface area (Å²) in [5, 5.41) is 17.6. The van der Waals surface area contributed by atoms with Crippen LogP contribution in [0.5, 0.6) is 0 Å². The van der Waals surface area contributed by atoms with Crippen LogP contribution in [0.1, 0.15) is 10.4 Å². The molecular weight excluding hydrogens is 252 g/mol. The summed E-state index contributed by atoms with van der Waals surface area (Å²) in [4.78, 5) is 23.1. The zero-order chi connectivity index (χ0) is 13.7. The molecule has 19 heavy (non-hydrogen) atoms. The first-order valence-electron chi connectivity index (χ1n) is 5.19. The number of benzene rings is 1. The monoisotopic (exact) mass is 262 g/mol. The lowest BCUT2D eigenvalue weighted by molar-refractivity contribution is 0.102. The molecule has 0 aliphatic carbocycles. The number of aromatic amines is 1. The molecule has 9 nitrogen and oxygen atoms in total. The van der Waals surface area contributed by atoms with Crippen molar-refractivity contribution in [2.75, 3.05) is 17.7 Å². The van der Waals surface area contributed by atoms with Crippen molar-refractivity contribution in [2.24, 2.45) is 0 Å². The Kier molecular flexibility index (Phi) is 3.67. The third-order valence-electron chi connectivity index (χ3n) is 2.16. The van der Waals surface area contributed by atoms with Crippen LogP contribution in [0, 0.1) is 0 Å². The van der Waals surface area contributed by atoms with E-state index in [1.54, 1.807) is 24.3 Å². The number of methoxy groups -OCH3 is 1. The summed E-state index contributed by atoms with van der Waals surface area (Å²) < 4.78 is 4.47. The van der Waals surface area contributed by atoms with E-state index in [4.69, 9.17) is 0 Å². The number of anilines is 2. The third-order valence-corrected chi connectivity index (χ3v) is 2.16. The van der Waals surface area contributed by atoms with Crippen LogP contribution >= 0.6 is 0 Å². The highest BCUT2D eigenvalue weighted by Gasteiger charge is 2.14. The van der Waals surface area contributed by atoms with Crippen LogP contribution < -0.4 is 10.6 Å². The van der Waals surface area contributed by atoms with Crippen molar-refractivity contribution >= 4 is 23.6 Å². The molecule has 98 valence electrons. The van der Waals surface area contributed by atoms with Gasteiger partial charge in [0.05, 0.1) is 18.4 Å². The van der Waals surface area contributed by atoms with E-state index in [1.165, 1.54) is 7.11 Å². The number of carbonyl (C=O) groups excluding carboxylic acids is 2. The van der Waals surface area contributed by atoms with Crippen molar-refractivity contribution in [2.45, 2.75) is 0 Å². The molecule has 1 aromatic carbocycles. The molecule has 0 radical (unpaired) electrons. The number of hydrogen-bond acceptors (Lipinski definition) is 6. The van der Waals surface area contributed by atoms with Gasteiger partial charge in [0.2, 0.25) is 0 Å². The average molecular weight is 262 g/mol. The summed E-state index contributed by atoms with van der Waals surface area (Å²) in [5.74, 6) is -0.439. The number of H-pyrrole nitrogens is 1. The molecule has 9 heteroatoms. The molecule has 3 N–H and O–H groups in total. The van der Waals surface area contributed by atoms with E-state index in [2.05, 4.69) is 36.0 Å². The van der Waals surface area contributed by atoms with Gasteiger partial charge in [-0.25, -0.2) is 4.79 Å². The van der Waals surface area contributed by atoms with Crippen molar-refractivity contribution in [3.63, 3.8) is 0 Å². The number of rotatable bonds is 3. The topological polar surface area (TPSA) is 122 Å². The third kappa shape index (κ3) is 3.03. The molecule has 0 fully saturated rings. The lowest BCUT2D eigenvalue weighted by atomic mass is 10.1. The van der Waals surface area contributed by atoms with Gasteiger partial charge in [-0.1, -0.05) is 17.2 Å². The first kappa shape index (κ1) is 12.5. The fourth-order valence-corrected chi connectivity index (χ4v) is 1.33. The zero-order valence-electron chi connectivity index (χ0n) is 9.88. The number of ether oxygens (including phenoxy) is 1. The van der Waals surface area contributed by atoms with Crippen LogP contribution in [0.4, 0.5) is 16.4 Å². The van der Waals surface area contributed by atoms with E-state index < -0.39 is 12.0 Å². The van der Waals surface area contributed by atoms with Gasteiger partial charge in [0, 0.05) is 0 Å². The lowest BCUT2D eigenvalue weighted by Gasteiger charge is -2.08. The Hall–Kier alpha value is -2.97. The fraction of sp³-hybridized carbons (Fsp3) is 0.100. The van der Waals surface area contributed by atoms with Crippen LogP contribution in [0.2, 0.25) is 0 Å². The zero-order valence-corrected chi connectivity index (χ0v) is 9.88. The molecule has 0 aliphatic heterocycles. The summed E-state index contributed by atoms with van der Waals surface area (Å²) >= 11 is 0. The first-order valence-corrected chi connectivity index (χ1v) is 5.19. The Morgan fingerprint density at radius 1 is 1.26 bits per heavy atom. The minimum atomic E-state index is -0.667. The molecule has 1 heterocycles. The molecule has 0 saturated heterocycles. The predicted octanol–water partition coefficient (Wildman–Crippen LogP) is 0.630. The molecule has 2 amide bonds. The van der Waals surface area contributed by atoms with Crippen LogP contribution in [0.3, 0.4) is 0 Å². The highest BCUT2D eigenvalue weighted by Crippen LogP contribution is 2.16. The van der Waals surface area contributed by atoms with Crippen LogP contribution in [-0.2, 0) is 4.74 Å². The van der Waals surface area contributed by atoms with Gasteiger partial charge in [-0.2, -0.15) is 5.21 Å². The molecule has 0 spiro atoms. The second-order valence-corrected chi connectivity index (χ2v) is 3.35. The highest BCUT2D eigenvalue weighted by molar-refractivity contribution is 6.08. The van der Waals surface area contributed by atoms with Gasteiger partial charge in [0.15, 0.2) is 0 Å². The maximum absolute atomic E-state index is 12.0. The Morgan fingerprint density at radius 3 is 2.74 bits per heavy atom. The van der Waals surface area contributed by atoms with Gasteiger partial charge < -0.3 is 4.74 Å². The summed E-state index contributed by atoms with van der Waals surface area (Å²) in [5.41, 5.74) is 0.563. The van der Waals surface area contributed by atoms with Crippen LogP contribution in [-0.4, -0.2) is 39.7 Å². The van der Waals surface area contributed by atoms with Gasteiger partial charge in [0.25, 0.3) is 11.9 Å². The van der Waals surface area contributed by atoms with Gasteiger partial charge in [-0.3, -0.25) is 15.4 Å². The van der Waals surface area contributed by atoms with Crippen molar-refractivity contribution in [1.82, 2.24) is 20.6 Å². The van der Waals surface area contributed by atoms with Crippen LogP contribution in [0.25, 0.3) is 0 Å². The molecule has 1 aromatic heterocycles. The molecular formula is C10H10N6O3. The van der Waals surface area contributed by atoms with Gasteiger partial charge in [0.1, 0.15) is 0 Å². The number of tetrazole rings is 1. The van der Waals surface area contributed by atoms with Gasteiger partial charge in [-0.15, -0.1) is 5.10 Å². The van der Waals surface area contributed by atoms with E-state index in [1.807, 2.05) is 0 Å². The number of carbonyl (C=O) groups is 2. The number of aromatic nitrogens is 4. The minimum Gasteiger partial charge on any atom is -0.453 e. The summed E-state index contributed by atoms with van der Waals surface area (Å²) in [6.07, 6.45) is -0.667. The maximum Gasteiger partial charge on any atom is 0.411 e. The standard InChI is InChI=1S/C10H10N6O3/c1-19-10(18)11-7-5-3-2-4-6(7)8(17)12-9-13-15-16-14-9/h2-5H,1H3,(H,11,18)(H2,12,13,14,15,16,17). The molecule has 2 rings (SSSR count). The summed E-state index contributed by atoms with van der Waals surface area (Å²) in [7, 11) is 1.23. The minimum absolute atomic E-state index is 0.0397. The smallest absolute Gasteiger partial charge is 0.411 e. The first-order chi connectivity index (χ1) is 9.20. The number of nitrogens with zero attached hydrogens (tertiary/aromatic N) is 3. The van der Waals surface area contributed by atoms with E-state index in [0.717, 1.165) is 0 Å². The Bertz CT molecular complexity index is 583. The number of amides is 2. The Balaban J connectivity index is 2.19. The van der Waals surface area contributed by atoms with Crippen molar-refractivity contribution < 1.29 is 14.3 Å². The molecule has 2 aromatic rings. The SMILES string of the molecule is COC(=O)Nc1ccccc1C(=O)Nc1nn[nH]n1. The number of para-hydroxylation sites is 1. The van der Waals surface area contributed by atoms with E-state index >= 15 is 0 Å².